The number of ether oxygens (including phenoxy) is 1. The molecule has 0 amide bonds. The van der Waals surface area contributed by atoms with Gasteiger partial charge in [0.25, 0.3) is 0 Å². The molecule has 0 saturated carbocycles. The first-order valence-electron chi connectivity index (χ1n) is 6.57. The molecule has 0 aliphatic rings. The fraction of sp³-hybridized carbons (Fsp3) is 0.250. The van der Waals surface area contributed by atoms with Crippen LogP contribution in [0.5, 0.6) is 5.75 Å². The quantitative estimate of drug-likeness (QED) is 0.862. The summed E-state index contributed by atoms with van der Waals surface area (Å²) >= 11 is 0. The van der Waals surface area contributed by atoms with Gasteiger partial charge in [0.05, 0.1) is 18.6 Å². The summed E-state index contributed by atoms with van der Waals surface area (Å²) in [5.74, 6) is 0.532. The summed E-state index contributed by atoms with van der Waals surface area (Å²) in [4.78, 5) is 0. The number of aryl methyl sites for hydroxylation is 1. The van der Waals surface area contributed by atoms with Crippen LogP contribution >= 0.6 is 0 Å². The Hall–Kier alpha value is -2.01. The van der Waals surface area contributed by atoms with Crippen LogP contribution in [-0.4, -0.2) is 15.5 Å². The van der Waals surface area contributed by atoms with Gasteiger partial charge in [0.2, 0.25) is 0 Å². The lowest BCUT2D eigenvalue weighted by Crippen LogP contribution is -2.08. The predicted molar refractivity (Wildman–Crippen MR) is 84.9 cm³/mol. The van der Waals surface area contributed by atoms with Gasteiger partial charge in [0.1, 0.15) is 5.75 Å². The van der Waals surface area contributed by atoms with Gasteiger partial charge in [-0.15, -0.1) is 0 Å². The lowest BCUT2D eigenvalue weighted by atomic mass is 10.2. The number of nitrogen functional groups attached to an aromatic ring is 1. The van der Waals surface area contributed by atoms with Crippen LogP contribution in [0.15, 0.2) is 42.5 Å². The van der Waals surface area contributed by atoms with Gasteiger partial charge in [0.15, 0.2) is 9.84 Å². The molecule has 2 aromatic carbocycles. The lowest BCUT2D eigenvalue weighted by Gasteiger charge is -2.08. The molecule has 0 spiro atoms. The number of benzene rings is 2. The fourth-order valence-corrected chi connectivity index (χ4v) is 3.71. The van der Waals surface area contributed by atoms with Gasteiger partial charge in [-0.3, -0.25) is 0 Å². The van der Waals surface area contributed by atoms with Crippen LogP contribution in [0.1, 0.15) is 16.7 Å². The highest BCUT2D eigenvalue weighted by molar-refractivity contribution is 7.89. The second-order valence-electron chi connectivity index (χ2n) is 5.14. The molecular formula is C16H19NO3S. The summed E-state index contributed by atoms with van der Waals surface area (Å²) in [6, 6.07) is 12.5. The van der Waals surface area contributed by atoms with E-state index in [4.69, 9.17) is 10.5 Å². The zero-order valence-corrected chi connectivity index (χ0v) is 13.0. The standard InChI is InChI=1S/C16H19NO3S/c1-12-4-3-5-13(6-12)10-21(18,19)11-14-7-15(17)9-16(8-14)20-2/h3-9H,10-11,17H2,1-2H3. The molecule has 2 N–H and O–H groups in total. The van der Waals surface area contributed by atoms with Gasteiger partial charge in [-0.2, -0.15) is 0 Å². The first-order chi connectivity index (χ1) is 9.88. The molecular weight excluding hydrogens is 286 g/mol. The van der Waals surface area contributed by atoms with E-state index >= 15 is 0 Å². The predicted octanol–water partition coefficient (Wildman–Crippen LogP) is 2.70. The van der Waals surface area contributed by atoms with Crippen LogP contribution in [-0.2, 0) is 21.3 Å². The summed E-state index contributed by atoms with van der Waals surface area (Å²) in [5, 5.41) is 0. The third kappa shape index (κ3) is 4.49. The maximum Gasteiger partial charge on any atom is 0.158 e. The van der Waals surface area contributed by atoms with E-state index in [1.54, 1.807) is 18.2 Å². The van der Waals surface area contributed by atoms with Crippen LogP contribution < -0.4 is 10.5 Å². The van der Waals surface area contributed by atoms with Crippen molar-refractivity contribution in [2.45, 2.75) is 18.4 Å². The number of anilines is 1. The molecule has 0 unspecified atom stereocenters. The maximum atomic E-state index is 12.3. The molecule has 4 nitrogen and oxygen atoms in total. The molecule has 112 valence electrons. The van der Waals surface area contributed by atoms with Crippen molar-refractivity contribution < 1.29 is 13.2 Å². The van der Waals surface area contributed by atoms with E-state index in [1.165, 1.54) is 7.11 Å². The SMILES string of the molecule is COc1cc(N)cc(CS(=O)(=O)Cc2cccc(C)c2)c1. The molecule has 0 saturated heterocycles. The number of hydrogen-bond acceptors (Lipinski definition) is 4. The molecule has 2 rings (SSSR count). The minimum absolute atomic E-state index is 0.0196. The highest BCUT2D eigenvalue weighted by atomic mass is 32.2. The Kier molecular flexibility index (Phi) is 4.53. The average molecular weight is 305 g/mol. The largest absolute Gasteiger partial charge is 0.497 e. The Balaban J connectivity index is 2.19. The molecule has 21 heavy (non-hydrogen) atoms. The zero-order chi connectivity index (χ0) is 15.5. The molecule has 0 bridgehead atoms. The highest BCUT2D eigenvalue weighted by Gasteiger charge is 2.14. The number of methoxy groups -OCH3 is 1. The van der Waals surface area contributed by atoms with Gasteiger partial charge in [-0.1, -0.05) is 29.8 Å². The van der Waals surface area contributed by atoms with Gasteiger partial charge in [0, 0.05) is 11.8 Å². The Morgan fingerprint density at radius 1 is 1.05 bits per heavy atom. The normalized spacial score (nSPS) is 11.3. The molecule has 5 heteroatoms. The van der Waals surface area contributed by atoms with Crippen molar-refractivity contribution in [3.05, 3.63) is 59.2 Å². The number of nitrogens with two attached hydrogens (primary N) is 1. The zero-order valence-electron chi connectivity index (χ0n) is 12.2. The maximum absolute atomic E-state index is 12.3. The van der Waals surface area contributed by atoms with Crippen molar-refractivity contribution in [1.82, 2.24) is 0 Å². The van der Waals surface area contributed by atoms with Crippen molar-refractivity contribution in [2.24, 2.45) is 0 Å². The molecule has 2 aromatic rings. The summed E-state index contributed by atoms with van der Waals surface area (Å²) in [5.41, 5.74) is 8.73. The van der Waals surface area contributed by atoms with Crippen molar-refractivity contribution in [1.29, 1.82) is 0 Å². The van der Waals surface area contributed by atoms with Crippen LogP contribution in [0.2, 0.25) is 0 Å². The highest BCUT2D eigenvalue weighted by Crippen LogP contribution is 2.21. The monoisotopic (exact) mass is 305 g/mol. The molecule has 0 radical (unpaired) electrons. The van der Waals surface area contributed by atoms with Gasteiger partial charge >= 0.3 is 0 Å². The van der Waals surface area contributed by atoms with Crippen molar-refractivity contribution in [3.8, 4) is 5.75 Å². The van der Waals surface area contributed by atoms with E-state index in [9.17, 15) is 8.42 Å². The van der Waals surface area contributed by atoms with Crippen LogP contribution in [0.25, 0.3) is 0 Å². The fourth-order valence-electron chi connectivity index (χ4n) is 2.25. The van der Waals surface area contributed by atoms with Crippen LogP contribution in [0, 0.1) is 6.92 Å². The number of rotatable bonds is 5. The molecule has 0 heterocycles. The van der Waals surface area contributed by atoms with E-state index in [0.717, 1.165) is 11.1 Å². The first-order valence-corrected chi connectivity index (χ1v) is 8.39. The van der Waals surface area contributed by atoms with Gasteiger partial charge in [-0.25, -0.2) is 8.42 Å². The third-order valence-corrected chi connectivity index (χ3v) is 4.63. The number of hydrogen-bond donors (Lipinski definition) is 1. The van der Waals surface area contributed by atoms with Crippen LogP contribution in [0.3, 0.4) is 0 Å². The van der Waals surface area contributed by atoms with Crippen molar-refractivity contribution >= 4 is 15.5 Å². The van der Waals surface area contributed by atoms with Gasteiger partial charge < -0.3 is 10.5 Å². The van der Waals surface area contributed by atoms with E-state index in [-0.39, 0.29) is 11.5 Å². The second kappa shape index (κ2) is 6.18. The molecule has 0 aromatic heterocycles. The smallest absolute Gasteiger partial charge is 0.158 e. The topological polar surface area (TPSA) is 69.4 Å². The summed E-state index contributed by atoms with van der Waals surface area (Å²) in [6.45, 7) is 1.94. The minimum atomic E-state index is -3.26. The first kappa shape index (κ1) is 15.4. The Bertz CT molecular complexity index is 739. The van der Waals surface area contributed by atoms with Gasteiger partial charge in [-0.05, 0) is 30.2 Å². The van der Waals surface area contributed by atoms with E-state index in [1.807, 2.05) is 31.2 Å². The van der Waals surface area contributed by atoms with E-state index in [0.29, 0.717) is 17.0 Å². The molecule has 0 aliphatic carbocycles. The van der Waals surface area contributed by atoms with E-state index < -0.39 is 9.84 Å². The average Bonchev–Trinajstić information content (AvgIpc) is 2.36. The summed E-state index contributed by atoms with van der Waals surface area (Å²) in [7, 11) is -1.73. The Morgan fingerprint density at radius 2 is 1.76 bits per heavy atom. The Morgan fingerprint density at radius 3 is 2.43 bits per heavy atom. The Labute approximate surface area is 125 Å². The van der Waals surface area contributed by atoms with E-state index in [2.05, 4.69) is 0 Å². The second-order valence-corrected chi connectivity index (χ2v) is 7.20. The summed E-state index contributed by atoms with van der Waals surface area (Å²) in [6.07, 6.45) is 0. The van der Waals surface area contributed by atoms with Crippen molar-refractivity contribution in [3.63, 3.8) is 0 Å². The summed E-state index contributed by atoms with van der Waals surface area (Å²) < 4.78 is 29.7. The molecule has 0 aliphatic heterocycles. The molecule has 0 fully saturated rings. The lowest BCUT2D eigenvalue weighted by molar-refractivity contribution is 0.414. The van der Waals surface area contributed by atoms with Crippen molar-refractivity contribution in [2.75, 3.05) is 12.8 Å². The third-order valence-electron chi connectivity index (χ3n) is 3.08. The minimum Gasteiger partial charge on any atom is -0.497 e. The van der Waals surface area contributed by atoms with Crippen LogP contribution in [0.4, 0.5) is 5.69 Å². The molecule has 0 atom stereocenters. The number of sulfone groups is 1.